The molecule has 1 fully saturated rings. The molecule has 0 aromatic carbocycles. The van der Waals surface area contributed by atoms with E-state index in [1.807, 2.05) is 12.4 Å². The number of aliphatic hydroxyl groups excluding tert-OH is 6. The van der Waals surface area contributed by atoms with E-state index < -0.39 is 55.5 Å². The lowest BCUT2D eigenvalue weighted by Gasteiger charge is -2.41. The van der Waals surface area contributed by atoms with Gasteiger partial charge in [0.2, 0.25) is 0 Å². The topological polar surface area (TPSA) is 184 Å². The lowest BCUT2D eigenvalue weighted by atomic mass is 9.82. The molecule has 1 saturated heterocycles. The Balaban J connectivity index is 3.17. The van der Waals surface area contributed by atoms with Crippen molar-refractivity contribution in [3.05, 3.63) is 12.7 Å². The van der Waals surface area contributed by atoms with Crippen LogP contribution in [0.25, 0.3) is 0 Å². The smallest absolute Gasteiger partial charge is 0.173 e. The van der Waals surface area contributed by atoms with Crippen molar-refractivity contribution in [3.63, 3.8) is 0 Å². The quantitative estimate of drug-likeness (QED) is 0.0979. The van der Waals surface area contributed by atoms with Crippen LogP contribution in [0.4, 0.5) is 0 Å². The first-order valence-electron chi connectivity index (χ1n) is 11.7. The van der Waals surface area contributed by atoms with Gasteiger partial charge in [0.05, 0.1) is 37.5 Å². The average molecular weight is 481 g/mol. The van der Waals surface area contributed by atoms with E-state index in [9.17, 15) is 35.8 Å². The van der Waals surface area contributed by atoms with Gasteiger partial charge in [0.15, 0.2) is 6.29 Å². The maximum atomic E-state index is 10.9. The Bertz CT molecular complexity index is 526. The summed E-state index contributed by atoms with van der Waals surface area (Å²) < 4.78 is 11.9. The number of nitrogens with one attached hydrogen (secondary N) is 2. The van der Waals surface area contributed by atoms with Gasteiger partial charge in [-0.3, -0.25) is 0 Å². The second kappa shape index (κ2) is 16.1. The van der Waals surface area contributed by atoms with Gasteiger partial charge in [0.25, 0.3) is 0 Å². The molecule has 33 heavy (non-hydrogen) atoms. The molecule has 0 aromatic heterocycles. The standard InChI is InChI=1S/C22H44N2O9/c1-4-7-14(27)9-23-17-8-18(28)15(5-2)13(10-25)12-32-22(17)33-21(19(29)11-26)20(30)16(6-3)24-31/h4,13-31H,1,5-12H2,2-3H3/t13?,14-,15?,16?,17?,18?,19?,20?,21+,22-/m0/s1. The molecule has 1 aliphatic heterocycles. The normalized spacial score (nSPS) is 31.1. The summed E-state index contributed by atoms with van der Waals surface area (Å²) in [7, 11) is 0. The number of hydrogen-bond donors (Lipinski definition) is 9. The van der Waals surface area contributed by atoms with E-state index >= 15 is 0 Å². The molecule has 196 valence electrons. The summed E-state index contributed by atoms with van der Waals surface area (Å²) in [5.74, 6) is -0.567. The Hall–Kier alpha value is -0.700. The maximum Gasteiger partial charge on any atom is 0.173 e. The summed E-state index contributed by atoms with van der Waals surface area (Å²) in [5, 5.41) is 73.8. The van der Waals surface area contributed by atoms with Crippen molar-refractivity contribution < 1.29 is 45.3 Å². The molecule has 0 bridgehead atoms. The summed E-state index contributed by atoms with van der Waals surface area (Å²) in [5.41, 5.74) is 1.98. The first kappa shape index (κ1) is 30.3. The number of ether oxygens (including phenoxy) is 2. The molecule has 0 aromatic rings. The van der Waals surface area contributed by atoms with Gasteiger partial charge in [-0.1, -0.05) is 26.3 Å². The molecule has 1 rings (SSSR count). The molecule has 11 nitrogen and oxygen atoms in total. The van der Waals surface area contributed by atoms with Gasteiger partial charge in [-0.15, -0.1) is 6.58 Å². The second-order valence-electron chi connectivity index (χ2n) is 8.70. The summed E-state index contributed by atoms with van der Waals surface area (Å²) in [6.45, 7) is 6.53. The van der Waals surface area contributed by atoms with Crippen LogP contribution in [0.5, 0.6) is 0 Å². The summed E-state index contributed by atoms with van der Waals surface area (Å²) in [6.07, 6.45) is -3.82. The van der Waals surface area contributed by atoms with Gasteiger partial charge in [0.1, 0.15) is 18.3 Å². The fraction of sp³-hybridized carbons (Fsp3) is 0.909. The van der Waals surface area contributed by atoms with Crippen molar-refractivity contribution in [1.29, 1.82) is 0 Å². The highest BCUT2D eigenvalue weighted by molar-refractivity contribution is 4.89. The molecule has 1 aliphatic rings. The number of hydroxylamine groups is 1. The zero-order valence-corrected chi connectivity index (χ0v) is 19.7. The van der Waals surface area contributed by atoms with Crippen molar-refractivity contribution in [2.45, 2.75) is 88.4 Å². The van der Waals surface area contributed by atoms with E-state index in [0.29, 0.717) is 19.3 Å². The van der Waals surface area contributed by atoms with Gasteiger partial charge in [-0.2, -0.15) is 5.48 Å². The predicted molar refractivity (Wildman–Crippen MR) is 120 cm³/mol. The van der Waals surface area contributed by atoms with E-state index in [4.69, 9.17) is 9.47 Å². The molecule has 9 N–H and O–H groups in total. The third kappa shape index (κ3) is 9.11. The van der Waals surface area contributed by atoms with Gasteiger partial charge in [0, 0.05) is 19.1 Å². The van der Waals surface area contributed by atoms with Crippen LogP contribution in [0.15, 0.2) is 12.7 Å². The van der Waals surface area contributed by atoms with E-state index in [1.165, 1.54) is 0 Å². The molecule has 0 aliphatic carbocycles. The van der Waals surface area contributed by atoms with E-state index in [1.54, 1.807) is 13.0 Å². The van der Waals surface area contributed by atoms with Crippen LogP contribution in [-0.4, -0.2) is 111 Å². The molecule has 11 heteroatoms. The zero-order chi connectivity index (χ0) is 25.0. The molecule has 0 spiro atoms. The van der Waals surface area contributed by atoms with Crippen LogP contribution in [0.2, 0.25) is 0 Å². The third-order valence-corrected chi connectivity index (χ3v) is 6.37. The fourth-order valence-electron chi connectivity index (χ4n) is 4.28. The highest BCUT2D eigenvalue weighted by Crippen LogP contribution is 2.29. The minimum absolute atomic E-state index is 0.0532. The largest absolute Gasteiger partial charge is 0.396 e. The average Bonchev–Trinajstić information content (AvgIpc) is 2.80. The maximum absolute atomic E-state index is 10.9. The number of hydrogen-bond acceptors (Lipinski definition) is 11. The molecule has 7 unspecified atom stereocenters. The fourth-order valence-corrected chi connectivity index (χ4v) is 4.28. The number of aliphatic hydroxyl groups is 6. The molecule has 1 heterocycles. The summed E-state index contributed by atoms with van der Waals surface area (Å²) in [4.78, 5) is 0. The van der Waals surface area contributed by atoms with E-state index in [-0.39, 0.29) is 38.0 Å². The van der Waals surface area contributed by atoms with Crippen molar-refractivity contribution in [2.24, 2.45) is 11.8 Å². The van der Waals surface area contributed by atoms with Crippen molar-refractivity contribution in [2.75, 3.05) is 26.4 Å². The van der Waals surface area contributed by atoms with Gasteiger partial charge in [-0.05, 0) is 25.2 Å². The van der Waals surface area contributed by atoms with Crippen LogP contribution in [0, 0.1) is 11.8 Å². The third-order valence-electron chi connectivity index (χ3n) is 6.37. The van der Waals surface area contributed by atoms with Crippen molar-refractivity contribution in [3.8, 4) is 0 Å². The Labute approximate surface area is 196 Å². The summed E-state index contributed by atoms with van der Waals surface area (Å²) >= 11 is 0. The lowest BCUT2D eigenvalue weighted by molar-refractivity contribution is -0.249. The van der Waals surface area contributed by atoms with Gasteiger partial charge in [-0.25, -0.2) is 0 Å². The monoisotopic (exact) mass is 480 g/mol. The Kier molecular flexibility index (Phi) is 14.8. The Morgan fingerprint density at radius 3 is 2.42 bits per heavy atom. The van der Waals surface area contributed by atoms with Crippen LogP contribution < -0.4 is 10.8 Å². The Morgan fingerprint density at radius 1 is 1.21 bits per heavy atom. The molecule has 0 saturated carbocycles. The van der Waals surface area contributed by atoms with Gasteiger partial charge < -0.3 is 50.6 Å². The molecule has 0 amide bonds. The van der Waals surface area contributed by atoms with E-state index in [2.05, 4.69) is 11.9 Å². The highest BCUT2D eigenvalue weighted by Gasteiger charge is 2.40. The van der Waals surface area contributed by atoms with Crippen molar-refractivity contribution in [1.82, 2.24) is 10.8 Å². The number of rotatable bonds is 15. The lowest BCUT2D eigenvalue weighted by Crippen LogP contribution is -2.57. The zero-order valence-electron chi connectivity index (χ0n) is 19.7. The second-order valence-corrected chi connectivity index (χ2v) is 8.70. The SMILES string of the molecule is C=CC[C@H](O)CNC1CC(O)C(CC)C(CO)CO[C@H]1O[C@H](C(O)CO)C(O)C(CC)NO. The minimum atomic E-state index is -1.48. The molecule has 10 atom stereocenters. The first-order valence-corrected chi connectivity index (χ1v) is 11.7. The highest BCUT2D eigenvalue weighted by atomic mass is 16.7. The summed E-state index contributed by atoms with van der Waals surface area (Å²) in [6, 6.07) is -1.48. The van der Waals surface area contributed by atoms with Crippen LogP contribution in [-0.2, 0) is 9.47 Å². The van der Waals surface area contributed by atoms with Crippen LogP contribution in [0.3, 0.4) is 0 Å². The van der Waals surface area contributed by atoms with Crippen molar-refractivity contribution >= 4 is 0 Å². The Morgan fingerprint density at radius 2 is 1.91 bits per heavy atom. The molecular weight excluding hydrogens is 436 g/mol. The molecular formula is C22H44N2O9. The molecule has 0 radical (unpaired) electrons. The van der Waals surface area contributed by atoms with Gasteiger partial charge >= 0.3 is 0 Å². The van der Waals surface area contributed by atoms with E-state index in [0.717, 1.165) is 0 Å². The predicted octanol–water partition coefficient (Wildman–Crippen LogP) is -1.52. The first-order chi connectivity index (χ1) is 15.8. The van der Waals surface area contributed by atoms with Crippen LogP contribution in [0.1, 0.15) is 39.5 Å². The van der Waals surface area contributed by atoms with Crippen LogP contribution >= 0.6 is 0 Å². The minimum Gasteiger partial charge on any atom is -0.396 e.